The van der Waals surface area contributed by atoms with Crippen LogP contribution in [0.1, 0.15) is 68.4 Å². The Balaban J connectivity index is 1.73. The fourth-order valence-corrected chi connectivity index (χ4v) is 4.80. The fourth-order valence-electron chi connectivity index (χ4n) is 4.80. The molecule has 0 saturated carbocycles. The largest absolute Gasteiger partial charge is 0.468 e. The summed E-state index contributed by atoms with van der Waals surface area (Å²) in [6, 6.07) is 21.7. The number of fused-ring (bicyclic) bond motifs is 1. The predicted octanol–water partition coefficient (Wildman–Crippen LogP) is 5.61. The number of nitrogens with one attached hydrogen (secondary N) is 1. The van der Waals surface area contributed by atoms with Gasteiger partial charge in [0.15, 0.2) is 5.82 Å². The number of benzene rings is 2. The smallest absolute Gasteiger partial charge is 0.253 e. The molecule has 0 spiro atoms. The number of pyridine rings is 1. The van der Waals surface area contributed by atoms with Crippen LogP contribution in [0.15, 0.2) is 82.2 Å². The third-order valence-electron chi connectivity index (χ3n) is 7.35. The molecule has 0 radical (unpaired) electrons. The number of H-pyrrole nitrogens is 1. The Bertz CT molecular complexity index is 1550. The number of tetrazole rings is 1. The van der Waals surface area contributed by atoms with Gasteiger partial charge in [-0.3, -0.25) is 9.69 Å². The van der Waals surface area contributed by atoms with E-state index in [-0.39, 0.29) is 11.1 Å². The van der Waals surface area contributed by atoms with E-state index in [4.69, 9.17) is 4.42 Å². The van der Waals surface area contributed by atoms with Gasteiger partial charge in [-0.15, -0.1) is 5.10 Å². The highest BCUT2D eigenvalue weighted by molar-refractivity contribution is 5.80. The standard InChI is InChI=1S/C30H34N6O2/c1-5-21-14-15-26-23(17-21)18-25(29(37)31-26)27(28-32-33-34-36(28)30(3,4)6-2)35(20-24-13-10-16-38-24)19-22-11-8-7-9-12-22/h7-18,27H,5-6,19-20H2,1-4H3,(H,31,37). The summed E-state index contributed by atoms with van der Waals surface area (Å²) in [5.74, 6) is 1.42. The SMILES string of the molecule is CCc1ccc2[nH]c(=O)c(C(c3nnnn3C(C)(C)CC)N(Cc3ccccc3)Cc3ccco3)cc2c1. The normalized spacial score (nSPS) is 12.9. The van der Waals surface area contributed by atoms with Crippen molar-refractivity contribution in [1.82, 2.24) is 30.1 Å². The Morgan fingerprint density at radius 3 is 2.53 bits per heavy atom. The molecule has 1 N–H and O–H groups in total. The second-order valence-corrected chi connectivity index (χ2v) is 10.3. The minimum Gasteiger partial charge on any atom is -0.468 e. The van der Waals surface area contributed by atoms with Gasteiger partial charge < -0.3 is 9.40 Å². The van der Waals surface area contributed by atoms with E-state index < -0.39 is 6.04 Å². The molecule has 8 nitrogen and oxygen atoms in total. The number of aromatic amines is 1. The van der Waals surface area contributed by atoms with Gasteiger partial charge in [-0.25, -0.2) is 4.68 Å². The lowest BCUT2D eigenvalue weighted by Crippen LogP contribution is -2.38. The quantitative estimate of drug-likeness (QED) is 0.263. The Labute approximate surface area is 222 Å². The zero-order valence-electron chi connectivity index (χ0n) is 22.4. The summed E-state index contributed by atoms with van der Waals surface area (Å²) in [5, 5.41) is 14.0. The van der Waals surface area contributed by atoms with Gasteiger partial charge in [-0.05, 0) is 84.0 Å². The molecule has 5 rings (SSSR count). The molecule has 0 aliphatic heterocycles. The van der Waals surface area contributed by atoms with Crippen LogP contribution in [0, 0.1) is 0 Å². The van der Waals surface area contributed by atoms with E-state index in [0.29, 0.717) is 24.5 Å². The number of aryl methyl sites for hydroxylation is 1. The van der Waals surface area contributed by atoms with Crippen molar-refractivity contribution in [1.29, 1.82) is 0 Å². The van der Waals surface area contributed by atoms with E-state index >= 15 is 0 Å². The number of nitrogens with zero attached hydrogens (tertiary/aromatic N) is 5. The average Bonchev–Trinajstić information content (AvgIpc) is 3.62. The maximum atomic E-state index is 13.7. The Kier molecular flexibility index (Phi) is 7.24. The third kappa shape index (κ3) is 5.17. The molecular weight excluding hydrogens is 476 g/mol. The molecule has 2 aromatic carbocycles. The van der Waals surface area contributed by atoms with Crippen molar-refractivity contribution in [2.45, 2.75) is 65.2 Å². The van der Waals surface area contributed by atoms with Gasteiger partial charge in [-0.1, -0.05) is 50.2 Å². The van der Waals surface area contributed by atoms with E-state index in [1.165, 1.54) is 5.56 Å². The lowest BCUT2D eigenvalue weighted by atomic mass is 9.98. The van der Waals surface area contributed by atoms with Crippen LogP contribution in [-0.2, 0) is 25.0 Å². The number of hydrogen-bond donors (Lipinski definition) is 1. The van der Waals surface area contributed by atoms with Crippen LogP contribution in [0.5, 0.6) is 0 Å². The Hall–Kier alpha value is -4.04. The zero-order valence-corrected chi connectivity index (χ0v) is 22.4. The minimum absolute atomic E-state index is 0.159. The molecule has 0 saturated heterocycles. The van der Waals surface area contributed by atoms with E-state index in [9.17, 15) is 4.79 Å². The fraction of sp³-hybridized carbons (Fsp3) is 0.333. The molecule has 196 valence electrons. The van der Waals surface area contributed by atoms with E-state index in [2.05, 4.69) is 77.4 Å². The molecule has 1 unspecified atom stereocenters. The van der Waals surface area contributed by atoms with Crippen LogP contribution in [0.2, 0.25) is 0 Å². The Morgan fingerprint density at radius 2 is 1.82 bits per heavy atom. The lowest BCUT2D eigenvalue weighted by Gasteiger charge is -2.33. The second-order valence-electron chi connectivity index (χ2n) is 10.3. The molecule has 0 aliphatic carbocycles. The molecule has 0 amide bonds. The molecular formula is C30H34N6O2. The van der Waals surface area contributed by atoms with Crippen LogP contribution in [0.3, 0.4) is 0 Å². The molecule has 0 aliphatic rings. The van der Waals surface area contributed by atoms with Gasteiger partial charge in [0.05, 0.1) is 18.3 Å². The Morgan fingerprint density at radius 1 is 1.00 bits per heavy atom. The van der Waals surface area contributed by atoms with Crippen molar-refractivity contribution < 1.29 is 4.42 Å². The third-order valence-corrected chi connectivity index (χ3v) is 7.35. The van der Waals surface area contributed by atoms with Gasteiger partial charge >= 0.3 is 0 Å². The van der Waals surface area contributed by atoms with Crippen LogP contribution >= 0.6 is 0 Å². The van der Waals surface area contributed by atoms with Crippen molar-refractivity contribution in [3.05, 3.63) is 112 Å². The molecule has 0 fully saturated rings. The molecule has 1 atom stereocenters. The van der Waals surface area contributed by atoms with Gasteiger partial charge in [0.25, 0.3) is 5.56 Å². The monoisotopic (exact) mass is 510 g/mol. The average molecular weight is 511 g/mol. The summed E-state index contributed by atoms with van der Waals surface area (Å²) in [5.41, 5.74) is 3.22. The summed E-state index contributed by atoms with van der Waals surface area (Å²) in [7, 11) is 0. The van der Waals surface area contributed by atoms with Gasteiger partial charge in [0.2, 0.25) is 0 Å². The van der Waals surface area contributed by atoms with Crippen molar-refractivity contribution in [3.63, 3.8) is 0 Å². The van der Waals surface area contributed by atoms with Crippen LogP contribution in [-0.4, -0.2) is 30.1 Å². The number of hydrogen-bond acceptors (Lipinski definition) is 6. The first kappa shape index (κ1) is 25.6. The van der Waals surface area contributed by atoms with Crippen LogP contribution < -0.4 is 5.56 Å². The number of furan rings is 1. The summed E-state index contributed by atoms with van der Waals surface area (Å²) in [6.07, 6.45) is 3.41. The van der Waals surface area contributed by atoms with Gasteiger partial charge in [0.1, 0.15) is 11.8 Å². The lowest BCUT2D eigenvalue weighted by molar-refractivity contribution is 0.168. The molecule has 3 aromatic heterocycles. The molecule has 0 bridgehead atoms. The van der Waals surface area contributed by atoms with Crippen molar-refractivity contribution in [3.8, 4) is 0 Å². The molecule has 5 aromatic rings. The maximum Gasteiger partial charge on any atom is 0.253 e. The molecule has 8 heteroatoms. The maximum absolute atomic E-state index is 13.7. The van der Waals surface area contributed by atoms with Crippen molar-refractivity contribution >= 4 is 10.9 Å². The second kappa shape index (κ2) is 10.8. The highest BCUT2D eigenvalue weighted by Gasteiger charge is 2.35. The number of rotatable bonds is 10. The first-order valence-corrected chi connectivity index (χ1v) is 13.1. The van der Waals surface area contributed by atoms with E-state index in [1.54, 1.807) is 6.26 Å². The van der Waals surface area contributed by atoms with Crippen molar-refractivity contribution in [2.24, 2.45) is 0 Å². The van der Waals surface area contributed by atoms with Crippen LogP contribution in [0.4, 0.5) is 0 Å². The summed E-state index contributed by atoms with van der Waals surface area (Å²) in [4.78, 5) is 19.1. The topological polar surface area (TPSA) is 92.8 Å². The first-order chi connectivity index (χ1) is 18.4. The summed E-state index contributed by atoms with van der Waals surface area (Å²) < 4.78 is 7.63. The summed E-state index contributed by atoms with van der Waals surface area (Å²) >= 11 is 0. The van der Waals surface area contributed by atoms with Crippen molar-refractivity contribution in [2.75, 3.05) is 0 Å². The first-order valence-electron chi connectivity index (χ1n) is 13.1. The van der Waals surface area contributed by atoms with Crippen LogP contribution in [0.25, 0.3) is 10.9 Å². The molecule has 3 heterocycles. The highest BCUT2D eigenvalue weighted by Crippen LogP contribution is 2.33. The highest BCUT2D eigenvalue weighted by atomic mass is 16.3. The molecule has 38 heavy (non-hydrogen) atoms. The van der Waals surface area contributed by atoms with Gasteiger partial charge in [0, 0.05) is 17.6 Å². The number of aromatic nitrogens is 5. The predicted molar refractivity (Wildman–Crippen MR) is 148 cm³/mol. The summed E-state index contributed by atoms with van der Waals surface area (Å²) in [6.45, 7) is 9.49. The zero-order chi connectivity index (χ0) is 26.7. The van der Waals surface area contributed by atoms with E-state index in [1.807, 2.05) is 47.1 Å². The van der Waals surface area contributed by atoms with E-state index in [0.717, 1.165) is 35.1 Å². The van der Waals surface area contributed by atoms with Gasteiger partial charge in [-0.2, -0.15) is 0 Å². The minimum atomic E-state index is -0.528.